The zero-order valence-electron chi connectivity index (χ0n) is 15.3. The maximum absolute atomic E-state index is 12.1. The summed E-state index contributed by atoms with van der Waals surface area (Å²) in [6.45, 7) is 6.38. The molecule has 0 aromatic heterocycles. The summed E-state index contributed by atoms with van der Waals surface area (Å²) in [5.41, 5.74) is 3.01. The van der Waals surface area contributed by atoms with Gasteiger partial charge in [0.05, 0.1) is 5.02 Å². The van der Waals surface area contributed by atoms with Crippen molar-refractivity contribution in [1.29, 1.82) is 0 Å². The van der Waals surface area contributed by atoms with Gasteiger partial charge in [-0.3, -0.25) is 4.79 Å². The van der Waals surface area contributed by atoms with Crippen molar-refractivity contribution in [3.05, 3.63) is 53.1 Å². The van der Waals surface area contributed by atoms with Crippen molar-refractivity contribution < 1.29 is 9.53 Å². The smallest absolute Gasteiger partial charge is 0.262 e. The van der Waals surface area contributed by atoms with Crippen LogP contribution in [0.5, 0.6) is 5.75 Å². The molecule has 1 heterocycles. The fraction of sp³-hybridized carbons (Fsp3) is 0.381. The fourth-order valence-electron chi connectivity index (χ4n) is 3.08. The van der Waals surface area contributed by atoms with Crippen molar-refractivity contribution in [2.24, 2.45) is 5.92 Å². The highest BCUT2D eigenvalue weighted by Crippen LogP contribution is 2.26. The van der Waals surface area contributed by atoms with Crippen molar-refractivity contribution in [3.8, 4) is 5.75 Å². The lowest BCUT2D eigenvalue weighted by atomic mass is 9.99. The summed E-state index contributed by atoms with van der Waals surface area (Å²) in [6, 6.07) is 13.5. The molecule has 2 aromatic rings. The van der Waals surface area contributed by atoms with E-state index in [0.717, 1.165) is 30.3 Å². The number of benzene rings is 2. The summed E-state index contributed by atoms with van der Waals surface area (Å²) >= 11 is 6.08. The third-order valence-electron chi connectivity index (χ3n) is 4.75. The van der Waals surface area contributed by atoms with E-state index in [1.807, 2.05) is 31.2 Å². The Morgan fingerprint density at radius 2 is 1.88 bits per heavy atom. The predicted octanol–water partition coefficient (Wildman–Crippen LogP) is 4.90. The molecule has 0 bridgehead atoms. The zero-order chi connectivity index (χ0) is 18.5. The SMILES string of the molecule is Cc1ccc(Cl)c(OCC(=O)Nc2ccc(N3CCC(C)CC3)cc2)c1. The second-order valence-electron chi connectivity index (χ2n) is 6.99. The Balaban J connectivity index is 1.52. The van der Waals surface area contributed by atoms with Crippen LogP contribution in [0.1, 0.15) is 25.3 Å². The minimum Gasteiger partial charge on any atom is -0.482 e. The summed E-state index contributed by atoms with van der Waals surface area (Å²) in [6.07, 6.45) is 2.47. The number of aryl methyl sites for hydroxylation is 1. The van der Waals surface area contributed by atoms with Gasteiger partial charge >= 0.3 is 0 Å². The van der Waals surface area contributed by atoms with Crippen LogP contribution in [0.25, 0.3) is 0 Å². The van der Waals surface area contributed by atoms with E-state index in [9.17, 15) is 4.79 Å². The Labute approximate surface area is 160 Å². The van der Waals surface area contributed by atoms with Gasteiger partial charge in [0.25, 0.3) is 5.91 Å². The van der Waals surface area contributed by atoms with Crippen LogP contribution in [0.2, 0.25) is 5.02 Å². The number of nitrogens with one attached hydrogen (secondary N) is 1. The number of nitrogens with zero attached hydrogens (tertiary/aromatic N) is 1. The molecule has 0 unspecified atom stereocenters. The molecule has 1 fully saturated rings. The Bertz CT molecular complexity index is 753. The first-order valence-electron chi connectivity index (χ1n) is 9.05. The molecule has 1 aliphatic heterocycles. The molecule has 4 nitrogen and oxygen atoms in total. The molecular weight excluding hydrogens is 348 g/mol. The molecular formula is C21H25ClN2O2. The van der Waals surface area contributed by atoms with E-state index in [-0.39, 0.29) is 12.5 Å². The molecule has 0 atom stereocenters. The second kappa shape index (κ2) is 8.45. The largest absolute Gasteiger partial charge is 0.482 e. The van der Waals surface area contributed by atoms with Crippen LogP contribution in [-0.4, -0.2) is 25.6 Å². The average molecular weight is 373 g/mol. The van der Waals surface area contributed by atoms with Crippen LogP contribution in [-0.2, 0) is 4.79 Å². The summed E-state index contributed by atoms with van der Waals surface area (Å²) in [5.74, 6) is 1.13. The van der Waals surface area contributed by atoms with Crippen molar-refractivity contribution in [1.82, 2.24) is 0 Å². The Morgan fingerprint density at radius 1 is 1.19 bits per heavy atom. The molecule has 3 rings (SSSR count). The summed E-state index contributed by atoms with van der Waals surface area (Å²) in [5, 5.41) is 3.36. The van der Waals surface area contributed by atoms with Gasteiger partial charge in [-0.05, 0) is 67.6 Å². The van der Waals surface area contributed by atoms with Gasteiger partial charge in [0.15, 0.2) is 6.61 Å². The van der Waals surface area contributed by atoms with Crippen molar-refractivity contribution >= 4 is 28.9 Å². The summed E-state index contributed by atoms with van der Waals surface area (Å²) < 4.78 is 5.53. The van der Waals surface area contributed by atoms with Gasteiger partial charge in [0, 0.05) is 24.5 Å². The summed E-state index contributed by atoms with van der Waals surface area (Å²) in [7, 11) is 0. The standard InChI is InChI=1S/C21H25ClN2O2/c1-15-9-11-24(12-10-15)18-6-4-17(5-7-18)23-21(25)14-26-20-13-16(2)3-8-19(20)22/h3-8,13,15H,9-12,14H2,1-2H3,(H,23,25). The minimum absolute atomic E-state index is 0.0745. The topological polar surface area (TPSA) is 41.6 Å². The number of rotatable bonds is 5. The third-order valence-corrected chi connectivity index (χ3v) is 5.06. The van der Waals surface area contributed by atoms with Crippen LogP contribution in [0.3, 0.4) is 0 Å². The molecule has 1 amide bonds. The molecule has 0 aliphatic carbocycles. The second-order valence-corrected chi connectivity index (χ2v) is 7.39. The van der Waals surface area contributed by atoms with Crippen molar-refractivity contribution in [2.45, 2.75) is 26.7 Å². The van der Waals surface area contributed by atoms with Crippen molar-refractivity contribution in [2.75, 3.05) is 29.9 Å². The number of anilines is 2. The van der Waals surface area contributed by atoms with Crippen molar-refractivity contribution in [3.63, 3.8) is 0 Å². The monoisotopic (exact) mass is 372 g/mol. The molecule has 1 saturated heterocycles. The minimum atomic E-state index is -0.206. The van der Waals surface area contributed by atoms with Gasteiger partial charge in [0.2, 0.25) is 0 Å². The van der Waals surface area contributed by atoms with Crippen LogP contribution >= 0.6 is 11.6 Å². The number of hydrogen-bond acceptors (Lipinski definition) is 3. The molecule has 0 saturated carbocycles. The number of amides is 1. The van der Waals surface area contributed by atoms with E-state index in [1.165, 1.54) is 18.5 Å². The third kappa shape index (κ3) is 4.92. The van der Waals surface area contributed by atoms with Crippen LogP contribution in [0, 0.1) is 12.8 Å². The lowest BCUT2D eigenvalue weighted by molar-refractivity contribution is -0.118. The normalized spacial score (nSPS) is 15.0. The number of piperidine rings is 1. The fourth-order valence-corrected chi connectivity index (χ4v) is 3.26. The van der Waals surface area contributed by atoms with Gasteiger partial charge < -0.3 is 15.0 Å². The van der Waals surface area contributed by atoms with Crippen LogP contribution in [0.4, 0.5) is 11.4 Å². The molecule has 0 spiro atoms. The number of hydrogen-bond donors (Lipinski definition) is 1. The quantitative estimate of drug-likeness (QED) is 0.811. The maximum Gasteiger partial charge on any atom is 0.262 e. The highest BCUT2D eigenvalue weighted by atomic mass is 35.5. The number of carbonyl (C=O) groups excluding carboxylic acids is 1. The first-order valence-corrected chi connectivity index (χ1v) is 9.43. The van der Waals surface area contributed by atoms with E-state index in [0.29, 0.717) is 10.8 Å². The molecule has 0 radical (unpaired) electrons. The lowest BCUT2D eigenvalue weighted by Gasteiger charge is -2.32. The van der Waals surface area contributed by atoms with E-state index in [1.54, 1.807) is 6.07 Å². The maximum atomic E-state index is 12.1. The lowest BCUT2D eigenvalue weighted by Crippen LogP contribution is -2.32. The highest BCUT2D eigenvalue weighted by molar-refractivity contribution is 6.32. The first kappa shape index (κ1) is 18.6. The van der Waals surface area contributed by atoms with Gasteiger partial charge in [-0.1, -0.05) is 24.6 Å². The molecule has 1 aliphatic rings. The van der Waals surface area contributed by atoms with Gasteiger partial charge in [-0.25, -0.2) is 0 Å². The van der Waals surface area contributed by atoms with Gasteiger partial charge in [-0.15, -0.1) is 0 Å². The Kier molecular flexibility index (Phi) is 6.04. The van der Waals surface area contributed by atoms with E-state index in [2.05, 4.69) is 29.3 Å². The van der Waals surface area contributed by atoms with Crippen LogP contribution < -0.4 is 15.0 Å². The summed E-state index contributed by atoms with van der Waals surface area (Å²) in [4.78, 5) is 14.5. The van der Waals surface area contributed by atoms with E-state index in [4.69, 9.17) is 16.3 Å². The zero-order valence-corrected chi connectivity index (χ0v) is 16.1. The van der Waals surface area contributed by atoms with Gasteiger partial charge in [0.1, 0.15) is 5.75 Å². The van der Waals surface area contributed by atoms with Gasteiger partial charge in [-0.2, -0.15) is 0 Å². The molecule has 2 aromatic carbocycles. The Morgan fingerprint density at radius 3 is 2.58 bits per heavy atom. The first-order chi connectivity index (χ1) is 12.5. The Hall–Kier alpha value is -2.20. The molecule has 26 heavy (non-hydrogen) atoms. The average Bonchev–Trinajstić information content (AvgIpc) is 2.64. The van der Waals surface area contributed by atoms with Crippen LogP contribution in [0.15, 0.2) is 42.5 Å². The number of halogens is 1. The number of carbonyl (C=O) groups is 1. The molecule has 1 N–H and O–H groups in total. The number of ether oxygens (including phenoxy) is 1. The molecule has 138 valence electrons. The predicted molar refractivity (Wildman–Crippen MR) is 107 cm³/mol. The van der Waals surface area contributed by atoms with E-state index < -0.39 is 0 Å². The molecule has 5 heteroatoms. The van der Waals surface area contributed by atoms with E-state index >= 15 is 0 Å². The highest BCUT2D eigenvalue weighted by Gasteiger charge is 2.16.